The predicted octanol–water partition coefficient (Wildman–Crippen LogP) is 5.21. The number of anilines is 4. The van der Waals surface area contributed by atoms with Crippen LogP contribution in [0.4, 0.5) is 41.6 Å². The summed E-state index contributed by atoms with van der Waals surface area (Å²) in [6, 6.07) is 14.1. The second-order valence-electron chi connectivity index (χ2n) is 21.6. The van der Waals surface area contributed by atoms with E-state index in [1.807, 2.05) is 31.2 Å². The van der Waals surface area contributed by atoms with Crippen molar-refractivity contribution < 1.29 is 56.5 Å². The van der Waals surface area contributed by atoms with E-state index in [1.165, 1.54) is 4.52 Å². The Kier molecular flexibility index (Phi) is 12.4. The SMILES string of the molecule is COc1cccc(-c2c[n+]3[nH]c(CO)cc3c(Nc3cc([C@H]4OC[C@@H](OC(=O)NC56CC(C5)C6)[C@@H]4F)nn3Cc3cn4nc(C(=O)N5CCOCC5)cc4c(Nc4cc([C@@H]5CC[C@H](OC(=O)NC6(C)CC6)[C@@H]5F)[nH]n4)n3)n2)c1. The zero-order valence-corrected chi connectivity index (χ0v) is 42.7. The molecule has 6 atom stereocenters. The molecule has 26 heteroatoms. The zero-order chi connectivity index (χ0) is 53.5. The highest BCUT2D eigenvalue weighted by Crippen LogP contribution is 2.57. The maximum absolute atomic E-state index is 16.6. The minimum atomic E-state index is -1.78. The van der Waals surface area contributed by atoms with Crippen LogP contribution < -0.4 is 30.5 Å². The molecule has 408 valence electrons. The van der Waals surface area contributed by atoms with Crippen molar-refractivity contribution in [1.29, 1.82) is 0 Å². The van der Waals surface area contributed by atoms with Crippen LogP contribution in [0.15, 0.2) is 60.9 Å². The maximum atomic E-state index is 16.6. The number of alkyl carbamates (subject to hydrolysis) is 2. The number of aliphatic hydroxyl groups excluding tert-OH is 1. The molecule has 7 aromatic rings. The van der Waals surface area contributed by atoms with Crippen molar-refractivity contribution in [3.8, 4) is 17.0 Å². The highest BCUT2D eigenvalue weighted by atomic mass is 19.1. The minimum absolute atomic E-state index is 0.0823. The second-order valence-corrected chi connectivity index (χ2v) is 21.6. The standard InChI is InChI=1S/C52H57F2N15O9/c1-51(8-9-51)59-49(72)77-39-7-6-32(43(39)53)33-17-41(62-61-33)57-46-38-16-35(48(71)66-10-12-75-13-11-66)65-67(38)22-30(55-46)23-69-42(18-34(64-69)45-44(54)40(26-76-45)78-50(73)60-52-19-27(20-52)21-52)58-47-37-15-29(25-70)63-68(37)24-36(56-47)28-4-3-5-31(14-28)74-2/h3-5,14-18,22,24,27,32,39-40,43-45,70H,6-13,19-21,23,25-26H2,1-2H3,(H5,55,56,57,58,59,60,61,62,63,64,65,71,72,73)/p+1/t27?,32-,39-,40+,43+,44-,45+,52?/m0/s1. The lowest BCUT2D eigenvalue weighted by Gasteiger charge is -2.61. The van der Waals surface area contributed by atoms with Crippen molar-refractivity contribution in [3.05, 3.63) is 89.4 Å². The molecule has 1 aromatic carbocycles. The number of aliphatic hydroxyl groups is 1. The molecule has 0 unspecified atom stereocenters. The van der Waals surface area contributed by atoms with Crippen LogP contribution in [0.25, 0.3) is 22.3 Å². The number of fused-ring (bicyclic) bond motifs is 2. The van der Waals surface area contributed by atoms with E-state index in [2.05, 4.69) is 36.6 Å². The first-order chi connectivity index (χ1) is 37.8. The van der Waals surface area contributed by atoms with Gasteiger partial charge in [-0.1, -0.05) is 16.6 Å². The van der Waals surface area contributed by atoms with Gasteiger partial charge in [0.25, 0.3) is 11.4 Å². The van der Waals surface area contributed by atoms with Gasteiger partial charge < -0.3 is 55.0 Å². The first kappa shape index (κ1) is 49.6. The second kappa shape index (κ2) is 19.5. The van der Waals surface area contributed by atoms with Gasteiger partial charge in [-0.15, -0.1) is 0 Å². The van der Waals surface area contributed by atoms with Gasteiger partial charge in [-0.25, -0.2) is 37.5 Å². The summed E-state index contributed by atoms with van der Waals surface area (Å²) in [5.74, 6) is 1.49. The molecule has 2 aliphatic heterocycles. The number of methoxy groups -OCH3 is 1. The van der Waals surface area contributed by atoms with E-state index in [9.17, 15) is 19.5 Å². The van der Waals surface area contributed by atoms with Gasteiger partial charge in [0.2, 0.25) is 12.0 Å². The summed E-state index contributed by atoms with van der Waals surface area (Å²) in [5.41, 5.74) is 3.34. The van der Waals surface area contributed by atoms with Crippen LogP contribution in [0.2, 0.25) is 0 Å². The number of aromatic amines is 2. The predicted molar refractivity (Wildman–Crippen MR) is 271 cm³/mol. The highest BCUT2D eigenvalue weighted by Gasteiger charge is 2.58. The summed E-state index contributed by atoms with van der Waals surface area (Å²) < 4.78 is 65.6. The lowest BCUT2D eigenvalue weighted by Crippen LogP contribution is -2.68. The van der Waals surface area contributed by atoms with Crippen LogP contribution >= 0.6 is 0 Å². The summed E-state index contributed by atoms with van der Waals surface area (Å²) >= 11 is 0. The first-order valence-electron chi connectivity index (χ1n) is 26.3. The van der Waals surface area contributed by atoms with Crippen molar-refractivity contribution in [2.24, 2.45) is 5.92 Å². The molecule has 78 heavy (non-hydrogen) atoms. The number of alkyl halides is 2. The third kappa shape index (κ3) is 9.54. The molecule has 14 rings (SSSR count). The van der Waals surface area contributed by atoms with E-state index < -0.39 is 48.8 Å². The average molecular weight is 1080 g/mol. The smallest absolute Gasteiger partial charge is 0.408 e. The number of hydrogen-bond donors (Lipinski definition) is 7. The number of rotatable bonds is 16. The lowest BCUT2D eigenvalue weighted by atomic mass is 9.50. The monoisotopic (exact) mass is 1070 g/mol. The number of benzene rings is 1. The zero-order valence-electron chi connectivity index (χ0n) is 42.7. The number of ether oxygens (including phenoxy) is 5. The van der Waals surface area contributed by atoms with E-state index in [0.717, 1.165) is 37.7 Å². The molecule has 5 aliphatic carbocycles. The molecule has 6 aromatic heterocycles. The number of carbonyl (C=O) groups is 3. The van der Waals surface area contributed by atoms with E-state index in [1.54, 1.807) is 57.9 Å². The number of morpholine rings is 1. The number of aromatic nitrogens is 10. The number of H-pyrrole nitrogens is 2. The highest BCUT2D eigenvalue weighted by molar-refractivity contribution is 5.94. The van der Waals surface area contributed by atoms with E-state index in [-0.39, 0.29) is 59.8 Å². The van der Waals surface area contributed by atoms with Crippen LogP contribution in [0.5, 0.6) is 5.75 Å². The van der Waals surface area contributed by atoms with Gasteiger partial charge in [0.15, 0.2) is 29.6 Å². The lowest BCUT2D eigenvalue weighted by molar-refractivity contribution is -0.576. The number of hydrogen-bond acceptors (Lipinski definition) is 16. The molecule has 0 radical (unpaired) electrons. The third-order valence-corrected chi connectivity index (χ3v) is 15.9. The van der Waals surface area contributed by atoms with Gasteiger partial charge in [0, 0.05) is 65.6 Å². The Hall–Kier alpha value is -7.97. The van der Waals surface area contributed by atoms with Crippen LogP contribution in [0.3, 0.4) is 0 Å². The largest absolute Gasteiger partial charge is 0.497 e. The fraction of sp³-hybridized carbons (Fsp3) is 0.481. The third-order valence-electron chi connectivity index (χ3n) is 15.9. The topological polar surface area (TPSA) is 278 Å². The van der Waals surface area contributed by atoms with Crippen molar-refractivity contribution in [2.45, 2.75) is 113 Å². The molecule has 7 aliphatic rings. The Morgan fingerprint density at radius 2 is 1.74 bits per heavy atom. The number of nitrogens with one attached hydrogen (secondary N) is 6. The molecule has 3 amide bonds. The minimum Gasteiger partial charge on any atom is -0.497 e. The molecule has 2 bridgehead atoms. The van der Waals surface area contributed by atoms with Crippen molar-refractivity contribution in [3.63, 3.8) is 0 Å². The fourth-order valence-corrected chi connectivity index (χ4v) is 11.3. The van der Waals surface area contributed by atoms with Gasteiger partial charge in [-0.05, 0) is 69.9 Å². The van der Waals surface area contributed by atoms with Crippen LogP contribution in [0, 0.1) is 5.92 Å². The molecule has 7 fully saturated rings. The molecule has 7 N–H and O–H groups in total. The Morgan fingerprint density at radius 1 is 0.936 bits per heavy atom. The van der Waals surface area contributed by atoms with Gasteiger partial charge in [-0.3, -0.25) is 9.89 Å². The van der Waals surface area contributed by atoms with E-state index in [4.69, 9.17) is 43.8 Å². The summed E-state index contributed by atoms with van der Waals surface area (Å²) in [6.07, 6.45) is 0.576. The van der Waals surface area contributed by atoms with Gasteiger partial charge in [0.05, 0.1) is 57.7 Å². The normalized spacial score (nSPS) is 25.8. The Morgan fingerprint density at radius 3 is 2.51 bits per heavy atom. The molecule has 8 heterocycles. The summed E-state index contributed by atoms with van der Waals surface area (Å²) in [4.78, 5) is 51.2. The molecular formula is C52H58F2N15O9+. The molecular weight excluding hydrogens is 1020 g/mol. The molecule has 24 nitrogen and oxygen atoms in total. The Bertz CT molecular complexity index is 3450. The van der Waals surface area contributed by atoms with E-state index in [0.29, 0.717) is 96.3 Å². The van der Waals surface area contributed by atoms with Crippen LogP contribution in [-0.2, 0) is 32.1 Å². The quantitative estimate of drug-likeness (QED) is 0.0612. The van der Waals surface area contributed by atoms with Gasteiger partial charge in [-0.2, -0.15) is 20.4 Å². The van der Waals surface area contributed by atoms with Gasteiger partial charge >= 0.3 is 12.2 Å². The van der Waals surface area contributed by atoms with Crippen molar-refractivity contribution in [2.75, 3.05) is 50.7 Å². The van der Waals surface area contributed by atoms with Crippen LogP contribution in [0.1, 0.15) is 97.2 Å². The first-order valence-corrected chi connectivity index (χ1v) is 26.3. The fourth-order valence-electron chi connectivity index (χ4n) is 11.3. The maximum Gasteiger partial charge on any atom is 0.408 e. The average Bonchev–Trinajstić information content (AvgIpc) is 4.28. The summed E-state index contributed by atoms with van der Waals surface area (Å²) in [7, 11) is 1.57. The molecule has 2 saturated heterocycles. The Balaban J connectivity index is 0.838. The van der Waals surface area contributed by atoms with E-state index >= 15 is 8.78 Å². The summed E-state index contributed by atoms with van der Waals surface area (Å²) in [6.45, 7) is 2.89. The Labute approximate surface area is 443 Å². The van der Waals surface area contributed by atoms with Crippen LogP contribution in [-0.4, -0.2) is 148 Å². The van der Waals surface area contributed by atoms with Crippen molar-refractivity contribution in [1.82, 2.24) is 60.2 Å². The molecule has 5 saturated carbocycles. The summed E-state index contributed by atoms with van der Waals surface area (Å²) in [5, 5.41) is 42.9. The number of carbonyl (C=O) groups excluding carboxylic acids is 3. The van der Waals surface area contributed by atoms with Gasteiger partial charge in [0.1, 0.15) is 46.9 Å². The van der Waals surface area contributed by atoms with Crippen molar-refractivity contribution >= 4 is 52.4 Å². The number of nitrogens with zero attached hydrogens (tertiary/aromatic N) is 9. The number of halogens is 2. The molecule has 0 spiro atoms. The number of amides is 3.